The fraction of sp³-hybridized carbons (Fsp3) is 0.419. The third-order valence-corrected chi connectivity index (χ3v) is 10.4. The predicted molar refractivity (Wildman–Crippen MR) is 196 cm³/mol. The van der Waals surface area contributed by atoms with E-state index in [4.69, 9.17) is 0 Å². The summed E-state index contributed by atoms with van der Waals surface area (Å²) in [5.74, 6) is 1.33. The molecule has 2 nitrogen and oxygen atoms in total. The topological polar surface area (TPSA) is 6.25 Å². The molecule has 0 radical (unpaired) electrons. The minimum absolute atomic E-state index is 0.0497. The van der Waals surface area contributed by atoms with Gasteiger partial charge in [0, 0.05) is 47.5 Å². The molecule has 0 N–H and O–H groups in total. The zero-order valence-electron chi connectivity index (χ0n) is 29.0. The Labute approximate surface area is 272 Å². The van der Waals surface area contributed by atoms with Gasteiger partial charge in [0.05, 0.1) is 5.41 Å². The third-order valence-electron chi connectivity index (χ3n) is 10.4. The monoisotopic (exact) mass is 597 g/mol. The highest BCUT2D eigenvalue weighted by Gasteiger charge is 2.45. The second kappa shape index (κ2) is 12.3. The van der Waals surface area contributed by atoms with Crippen LogP contribution in [0.25, 0.3) is 16.8 Å². The number of anilines is 1. The fourth-order valence-electron chi connectivity index (χ4n) is 7.92. The predicted octanol–water partition coefficient (Wildman–Crippen LogP) is 11.1. The summed E-state index contributed by atoms with van der Waals surface area (Å²) in [6, 6.07) is 18.3. The van der Waals surface area contributed by atoms with Gasteiger partial charge in [-0.3, -0.25) is 0 Å². The molecule has 0 amide bonds. The Balaban J connectivity index is 1.34. The molecule has 3 aromatic rings. The summed E-state index contributed by atoms with van der Waals surface area (Å²) in [6.45, 7) is 21.1. The summed E-state index contributed by atoms with van der Waals surface area (Å²) in [5, 5.41) is 2.70. The van der Waals surface area contributed by atoms with E-state index in [1.165, 1.54) is 68.7 Å². The molecule has 234 valence electrons. The lowest BCUT2D eigenvalue weighted by Gasteiger charge is -2.28. The maximum atomic E-state index is 2.61. The number of nitrogens with zero attached hydrogens (tertiary/aromatic N) is 2. The van der Waals surface area contributed by atoms with Crippen LogP contribution in [0.15, 0.2) is 90.7 Å². The maximum Gasteiger partial charge on any atom is 0.210 e. The van der Waals surface area contributed by atoms with E-state index in [0.29, 0.717) is 11.8 Å². The molecule has 2 heteroatoms. The lowest BCUT2D eigenvalue weighted by Crippen LogP contribution is -2.28. The largest absolute Gasteiger partial charge is 0.344 e. The highest BCUT2D eigenvalue weighted by Crippen LogP contribution is 2.51. The zero-order valence-corrected chi connectivity index (χ0v) is 29.0. The quantitative estimate of drug-likeness (QED) is 0.176. The van der Waals surface area contributed by atoms with Crippen molar-refractivity contribution in [1.29, 1.82) is 0 Å². The fourth-order valence-corrected chi connectivity index (χ4v) is 7.92. The van der Waals surface area contributed by atoms with E-state index in [1.54, 1.807) is 0 Å². The van der Waals surface area contributed by atoms with Crippen molar-refractivity contribution in [3.8, 4) is 0 Å². The van der Waals surface area contributed by atoms with Gasteiger partial charge in [0.1, 0.15) is 6.54 Å². The molecular formula is C43H53N2+. The van der Waals surface area contributed by atoms with Crippen molar-refractivity contribution in [2.45, 2.75) is 91.9 Å². The van der Waals surface area contributed by atoms with E-state index in [-0.39, 0.29) is 10.8 Å². The molecule has 0 fully saturated rings. The van der Waals surface area contributed by atoms with Crippen LogP contribution in [0.5, 0.6) is 0 Å². The number of hydrogen-bond donors (Lipinski definition) is 0. The van der Waals surface area contributed by atoms with Crippen molar-refractivity contribution in [3.05, 3.63) is 113 Å². The normalized spacial score (nSPS) is 19.2. The summed E-state index contributed by atoms with van der Waals surface area (Å²) >= 11 is 0. The Kier molecular flexibility index (Phi) is 8.55. The minimum atomic E-state index is -0.0781. The van der Waals surface area contributed by atoms with E-state index < -0.39 is 0 Å². The molecule has 0 saturated heterocycles. The second-order valence-corrected chi connectivity index (χ2v) is 15.3. The molecule has 45 heavy (non-hydrogen) atoms. The van der Waals surface area contributed by atoms with Crippen LogP contribution in [0.2, 0.25) is 0 Å². The standard InChI is InChI=1S/C43H53N2/c1-30(2)26-28-44-36-24-22-32-16-12-14-18-34(32)40(36)42(5,6)38(44)20-10-9-11-21-39-43(7,8)41-35-19-15-13-17-33(35)23-25-37(41)45(39)29-27-31(3)4/h9-12,14-16,18-25,30-31H,13,17,26-29H2,1-8H3/q+1. The van der Waals surface area contributed by atoms with Crippen LogP contribution in [0.3, 0.4) is 0 Å². The van der Waals surface area contributed by atoms with Gasteiger partial charge in [0.15, 0.2) is 5.71 Å². The molecular weight excluding hydrogens is 544 g/mol. The number of hydrogen-bond acceptors (Lipinski definition) is 1. The van der Waals surface area contributed by atoms with E-state index in [2.05, 4.69) is 156 Å². The Morgan fingerprint density at radius 2 is 1.60 bits per heavy atom. The van der Waals surface area contributed by atoms with Crippen LogP contribution in [0.1, 0.15) is 96.9 Å². The van der Waals surface area contributed by atoms with Crippen LogP contribution in [0.4, 0.5) is 11.4 Å². The summed E-state index contributed by atoms with van der Waals surface area (Å²) in [4.78, 5) is 2.61. The van der Waals surface area contributed by atoms with E-state index in [0.717, 1.165) is 25.9 Å². The summed E-state index contributed by atoms with van der Waals surface area (Å²) in [5.41, 5.74) is 11.3. The van der Waals surface area contributed by atoms with E-state index >= 15 is 0 Å². The van der Waals surface area contributed by atoms with Crippen LogP contribution in [-0.4, -0.2) is 23.4 Å². The Bertz CT molecular complexity index is 1750. The summed E-state index contributed by atoms with van der Waals surface area (Å²) in [7, 11) is 0. The lowest BCUT2D eigenvalue weighted by atomic mass is 9.78. The van der Waals surface area contributed by atoms with Crippen LogP contribution in [-0.2, 0) is 17.3 Å². The van der Waals surface area contributed by atoms with Crippen LogP contribution in [0, 0.1) is 11.8 Å². The number of aryl methyl sites for hydroxylation is 1. The van der Waals surface area contributed by atoms with Gasteiger partial charge in [-0.2, -0.15) is 4.58 Å². The van der Waals surface area contributed by atoms with Gasteiger partial charge in [0.25, 0.3) is 0 Å². The zero-order chi connectivity index (χ0) is 31.9. The minimum Gasteiger partial charge on any atom is -0.344 e. The number of fused-ring (bicyclic) bond motifs is 6. The number of benzene rings is 3. The van der Waals surface area contributed by atoms with E-state index in [9.17, 15) is 0 Å². The summed E-state index contributed by atoms with van der Waals surface area (Å²) < 4.78 is 2.59. The van der Waals surface area contributed by atoms with Gasteiger partial charge in [0.2, 0.25) is 5.69 Å². The molecule has 0 bridgehead atoms. The molecule has 3 aliphatic rings. The van der Waals surface area contributed by atoms with Gasteiger partial charge in [-0.15, -0.1) is 0 Å². The van der Waals surface area contributed by atoms with Gasteiger partial charge >= 0.3 is 0 Å². The van der Waals surface area contributed by atoms with Crippen LogP contribution < -0.4 is 4.90 Å². The smallest absolute Gasteiger partial charge is 0.210 e. The molecule has 3 aromatic carbocycles. The Morgan fingerprint density at radius 3 is 2.38 bits per heavy atom. The second-order valence-electron chi connectivity index (χ2n) is 15.3. The molecule has 1 aliphatic carbocycles. The first-order valence-electron chi connectivity index (χ1n) is 17.3. The van der Waals surface area contributed by atoms with Crippen LogP contribution >= 0.6 is 0 Å². The average Bonchev–Trinajstić information content (AvgIpc) is 3.37. The lowest BCUT2D eigenvalue weighted by molar-refractivity contribution is -0.439. The molecule has 0 unspecified atom stereocenters. The van der Waals surface area contributed by atoms with Crippen molar-refractivity contribution in [1.82, 2.24) is 0 Å². The Hall–Kier alpha value is -3.65. The SMILES string of the molecule is CC(C)CCN1/C(=C/C=C/C=C/C2=[N+](CCC(C)C)c3ccc4ccccc4c3C2(C)C)C(C)(C)c2c1ccc1c2C=CCC1. The summed E-state index contributed by atoms with van der Waals surface area (Å²) in [6.07, 6.45) is 20.9. The highest BCUT2D eigenvalue weighted by atomic mass is 15.2. The first-order valence-corrected chi connectivity index (χ1v) is 17.3. The molecule has 0 atom stereocenters. The molecule has 0 spiro atoms. The highest BCUT2D eigenvalue weighted by molar-refractivity contribution is 6.07. The van der Waals surface area contributed by atoms with E-state index in [1.807, 2.05) is 0 Å². The van der Waals surface area contributed by atoms with Gasteiger partial charge in [-0.1, -0.05) is 102 Å². The van der Waals surface area contributed by atoms with Crippen molar-refractivity contribution in [2.75, 3.05) is 18.0 Å². The first-order chi connectivity index (χ1) is 21.5. The molecule has 0 saturated carbocycles. The van der Waals surface area contributed by atoms with Crippen molar-refractivity contribution >= 4 is 33.9 Å². The first kappa shape index (κ1) is 31.3. The maximum absolute atomic E-state index is 2.61. The van der Waals surface area contributed by atoms with Crippen molar-refractivity contribution < 1.29 is 4.58 Å². The molecule has 2 aliphatic heterocycles. The van der Waals surface area contributed by atoms with Crippen molar-refractivity contribution in [2.24, 2.45) is 11.8 Å². The van der Waals surface area contributed by atoms with Gasteiger partial charge < -0.3 is 4.90 Å². The Morgan fingerprint density at radius 1 is 0.822 bits per heavy atom. The average molecular weight is 598 g/mol. The molecule has 6 rings (SSSR count). The van der Waals surface area contributed by atoms with Crippen molar-refractivity contribution in [3.63, 3.8) is 0 Å². The molecule has 2 heterocycles. The number of rotatable bonds is 9. The third kappa shape index (κ3) is 5.66. The van der Waals surface area contributed by atoms with Gasteiger partial charge in [-0.25, -0.2) is 0 Å². The number of allylic oxidation sites excluding steroid dienone is 7. The van der Waals surface area contributed by atoms with Gasteiger partial charge in [-0.05, 0) is 90.6 Å². The molecule has 0 aromatic heterocycles.